The number of aliphatic hydroxyl groups is 2. The van der Waals surface area contributed by atoms with Crippen LogP contribution in [0.25, 0.3) is 10.4 Å². The molecule has 1 fully saturated rings. The predicted octanol–water partition coefficient (Wildman–Crippen LogP) is -0.662. The molecule has 1 rings (SSSR count). The SMILES string of the molecule is C[C@@H]1C(O)O[C@@H](CN=[N+]=[N-])[C@@H](N)[C@@H]1O. The zero-order valence-electron chi connectivity index (χ0n) is 7.82. The summed E-state index contributed by atoms with van der Waals surface area (Å²) in [5.41, 5.74) is 13.8. The van der Waals surface area contributed by atoms with Gasteiger partial charge < -0.3 is 20.7 Å². The molecule has 80 valence electrons. The molecule has 0 aromatic carbocycles. The summed E-state index contributed by atoms with van der Waals surface area (Å²) < 4.78 is 5.09. The summed E-state index contributed by atoms with van der Waals surface area (Å²) in [6.45, 7) is 1.65. The lowest BCUT2D eigenvalue weighted by atomic mass is 9.91. The first-order valence-corrected chi connectivity index (χ1v) is 4.36. The van der Waals surface area contributed by atoms with Crippen LogP contribution in [0.2, 0.25) is 0 Å². The topological polar surface area (TPSA) is 124 Å². The van der Waals surface area contributed by atoms with Crippen LogP contribution in [0.5, 0.6) is 0 Å². The molecule has 7 nitrogen and oxygen atoms in total. The number of nitrogens with zero attached hydrogens (tertiary/aromatic N) is 3. The maximum absolute atomic E-state index is 9.59. The number of ether oxygens (including phenoxy) is 1. The molecule has 4 N–H and O–H groups in total. The van der Waals surface area contributed by atoms with Crippen LogP contribution in [0.1, 0.15) is 6.92 Å². The van der Waals surface area contributed by atoms with Crippen molar-refractivity contribution in [3.8, 4) is 0 Å². The smallest absolute Gasteiger partial charge is 0.160 e. The monoisotopic (exact) mass is 202 g/mol. The highest BCUT2D eigenvalue weighted by atomic mass is 16.6. The first-order valence-electron chi connectivity index (χ1n) is 4.36. The minimum Gasteiger partial charge on any atom is -0.391 e. The summed E-state index contributed by atoms with van der Waals surface area (Å²) in [5.74, 6) is -0.438. The van der Waals surface area contributed by atoms with Crippen molar-refractivity contribution >= 4 is 0 Å². The summed E-state index contributed by atoms with van der Waals surface area (Å²) >= 11 is 0. The largest absolute Gasteiger partial charge is 0.391 e. The summed E-state index contributed by atoms with van der Waals surface area (Å²) in [7, 11) is 0. The van der Waals surface area contributed by atoms with Gasteiger partial charge in [0, 0.05) is 10.8 Å². The Morgan fingerprint density at radius 1 is 1.57 bits per heavy atom. The van der Waals surface area contributed by atoms with E-state index in [2.05, 4.69) is 10.0 Å². The van der Waals surface area contributed by atoms with E-state index in [1.807, 2.05) is 0 Å². The maximum atomic E-state index is 9.59. The summed E-state index contributed by atoms with van der Waals surface area (Å²) in [5, 5.41) is 22.2. The Labute approximate surface area is 81.1 Å². The molecule has 0 aromatic rings. The van der Waals surface area contributed by atoms with E-state index in [1.165, 1.54) is 0 Å². The van der Waals surface area contributed by atoms with Crippen molar-refractivity contribution in [1.29, 1.82) is 0 Å². The fraction of sp³-hybridized carbons (Fsp3) is 1.00. The van der Waals surface area contributed by atoms with Gasteiger partial charge >= 0.3 is 0 Å². The van der Waals surface area contributed by atoms with Crippen molar-refractivity contribution in [3.63, 3.8) is 0 Å². The van der Waals surface area contributed by atoms with Crippen molar-refractivity contribution in [2.24, 2.45) is 16.8 Å². The maximum Gasteiger partial charge on any atom is 0.160 e. The van der Waals surface area contributed by atoms with Gasteiger partial charge in [0.1, 0.15) is 0 Å². The van der Waals surface area contributed by atoms with Gasteiger partial charge in [-0.3, -0.25) is 0 Å². The van der Waals surface area contributed by atoms with Gasteiger partial charge in [0.2, 0.25) is 0 Å². The second kappa shape index (κ2) is 4.59. The van der Waals surface area contributed by atoms with Gasteiger partial charge in [-0.2, -0.15) is 0 Å². The van der Waals surface area contributed by atoms with E-state index in [1.54, 1.807) is 6.92 Å². The van der Waals surface area contributed by atoms with Crippen LogP contribution >= 0.6 is 0 Å². The quantitative estimate of drug-likeness (QED) is 0.312. The summed E-state index contributed by atoms with van der Waals surface area (Å²) in [6.07, 6.45) is -2.55. The minimum absolute atomic E-state index is 0.0124. The number of hydrogen-bond donors (Lipinski definition) is 3. The van der Waals surface area contributed by atoms with E-state index in [9.17, 15) is 10.2 Å². The van der Waals surface area contributed by atoms with Gasteiger partial charge in [0.25, 0.3) is 0 Å². The van der Waals surface area contributed by atoms with E-state index in [0.29, 0.717) is 0 Å². The lowest BCUT2D eigenvalue weighted by molar-refractivity contribution is -0.224. The Hall–Kier alpha value is -0.850. The number of nitrogens with two attached hydrogens (primary N) is 1. The van der Waals surface area contributed by atoms with Crippen molar-refractivity contribution < 1.29 is 14.9 Å². The van der Waals surface area contributed by atoms with Crippen LogP contribution in [0.3, 0.4) is 0 Å². The van der Waals surface area contributed by atoms with E-state index >= 15 is 0 Å². The predicted molar refractivity (Wildman–Crippen MR) is 48.0 cm³/mol. The van der Waals surface area contributed by atoms with Gasteiger partial charge in [-0.1, -0.05) is 12.0 Å². The van der Waals surface area contributed by atoms with Crippen molar-refractivity contribution in [3.05, 3.63) is 10.4 Å². The third-order valence-corrected chi connectivity index (χ3v) is 2.45. The van der Waals surface area contributed by atoms with Crippen LogP contribution in [0.4, 0.5) is 0 Å². The van der Waals surface area contributed by atoms with Gasteiger partial charge in [0.15, 0.2) is 6.29 Å². The Morgan fingerprint density at radius 3 is 2.79 bits per heavy atom. The van der Waals surface area contributed by atoms with E-state index in [4.69, 9.17) is 16.0 Å². The highest BCUT2D eigenvalue weighted by Crippen LogP contribution is 2.23. The summed E-state index contributed by atoms with van der Waals surface area (Å²) in [6, 6.07) is -0.640. The van der Waals surface area contributed by atoms with E-state index in [-0.39, 0.29) is 6.54 Å². The molecule has 1 aliphatic heterocycles. The molecule has 0 amide bonds. The third-order valence-electron chi connectivity index (χ3n) is 2.45. The van der Waals surface area contributed by atoms with Gasteiger partial charge in [0.05, 0.1) is 24.8 Å². The number of azide groups is 1. The first-order chi connectivity index (χ1) is 6.57. The standard InChI is InChI=1S/C7H14N4O3/c1-3-6(12)5(8)4(2-10-11-9)14-7(3)13/h3-7,12-13H,2,8H2,1H3/t3-,4-,5+,6+,7?/m0/s1. The Morgan fingerprint density at radius 2 is 2.21 bits per heavy atom. The van der Waals surface area contributed by atoms with Crippen LogP contribution in [0.15, 0.2) is 5.11 Å². The van der Waals surface area contributed by atoms with Gasteiger partial charge in [-0.25, -0.2) is 0 Å². The van der Waals surface area contributed by atoms with Gasteiger partial charge in [-0.05, 0) is 5.53 Å². The summed E-state index contributed by atoms with van der Waals surface area (Å²) in [4.78, 5) is 2.56. The lowest BCUT2D eigenvalue weighted by Crippen LogP contribution is -2.58. The second-order valence-corrected chi connectivity index (χ2v) is 3.41. The number of hydrogen-bond acceptors (Lipinski definition) is 5. The molecule has 1 unspecified atom stereocenters. The third kappa shape index (κ3) is 2.14. The molecule has 14 heavy (non-hydrogen) atoms. The minimum atomic E-state index is -1.07. The highest BCUT2D eigenvalue weighted by molar-refractivity contribution is 4.90. The second-order valence-electron chi connectivity index (χ2n) is 3.41. The molecule has 1 heterocycles. The highest BCUT2D eigenvalue weighted by Gasteiger charge is 2.39. The van der Waals surface area contributed by atoms with Crippen molar-refractivity contribution in [2.45, 2.75) is 31.5 Å². The van der Waals surface area contributed by atoms with Crippen LogP contribution in [0, 0.1) is 5.92 Å². The van der Waals surface area contributed by atoms with E-state index < -0.39 is 30.5 Å². The molecule has 1 saturated heterocycles. The van der Waals surface area contributed by atoms with Crippen LogP contribution in [-0.4, -0.2) is 41.3 Å². The molecule has 0 aliphatic carbocycles. The van der Waals surface area contributed by atoms with Crippen LogP contribution in [-0.2, 0) is 4.74 Å². The fourth-order valence-corrected chi connectivity index (χ4v) is 1.41. The molecular formula is C7H14N4O3. The molecule has 7 heteroatoms. The molecule has 0 bridgehead atoms. The Bertz CT molecular complexity index is 243. The fourth-order valence-electron chi connectivity index (χ4n) is 1.41. The molecule has 0 radical (unpaired) electrons. The van der Waals surface area contributed by atoms with Gasteiger partial charge in [-0.15, -0.1) is 0 Å². The molecule has 0 spiro atoms. The van der Waals surface area contributed by atoms with Crippen LogP contribution < -0.4 is 5.73 Å². The Kier molecular flexibility index (Phi) is 3.68. The molecule has 0 saturated carbocycles. The molecule has 1 aliphatic rings. The van der Waals surface area contributed by atoms with Crippen molar-refractivity contribution in [2.75, 3.05) is 6.54 Å². The average Bonchev–Trinajstić information content (AvgIpc) is 2.18. The van der Waals surface area contributed by atoms with Crippen molar-refractivity contribution in [1.82, 2.24) is 0 Å². The molecular weight excluding hydrogens is 188 g/mol. The first kappa shape index (κ1) is 11.2. The Balaban J connectivity index is 2.64. The molecule has 0 aromatic heterocycles. The normalized spacial score (nSPS) is 43.0. The zero-order valence-corrected chi connectivity index (χ0v) is 7.82. The number of aliphatic hydroxyl groups excluding tert-OH is 2. The lowest BCUT2D eigenvalue weighted by Gasteiger charge is -2.39. The zero-order chi connectivity index (χ0) is 10.7. The average molecular weight is 202 g/mol. The number of rotatable bonds is 2. The van der Waals surface area contributed by atoms with E-state index in [0.717, 1.165) is 0 Å². The molecule has 5 atom stereocenters.